The van der Waals surface area contributed by atoms with Gasteiger partial charge in [0, 0.05) is 6.07 Å². The minimum atomic E-state index is -0.663. The second-order valence-corrected chi connectivity index (χ2v) is 7.84. The molecule has 0 unspecified atom stereocenters. The van der Waals surface area contributed by atoms with Gasteiger partial charge in [0.2, 0.25) is 11.0 Å². The van der Waals surface area contributed by atoms with Crippen molar-refractivity contribution in [2.75, 3.05) is 23.5 Å². The van der Waals surface area contributed by atoms with E-state index in [9.17, 15) is 19.7 Å². The Bertz CT molecular complexity index is 1090. The number of hydrogen-bond acceptors (Lipinski definition) is 9. The maximum absolute atomic E-state index is 12.3. The molecule has 0 atom stereocenters. The molecule has 1 heterocycles. The molecule has 154 valence electrons. The highest BCUT2D eigenvalue weighted by molar-refractivity contribution is 8.01. The summed E-state index contributed by atoms with van der Waals surface area (Å²) in [6, 6.07) is 12.6. The van der Waals surface area contributed by atoms with E-state index in [4.69, 9.17) is 4.74 Å². The van der Waals surface area contributed by atoms with Crippen LogP contribution in [0.15, 0.2) is 52.9 Å². The molecule has 0 bridgehead atoms. The number of nitro benzene ring substituents is 1. The van der Waals surface area contributed by atoms with Gasteiger partial charge < -0.3 is 10.1 Å². The highest BCUT2D eigenvalue weighted by Gasteiger charge is 2.20. The molecule has 0 fully saturated rings. The summed E-state index contributed by atoms with van der Waals surface area (Å²) < 4.78 is 5.65. The summed E-state index contributed by atoms with van der Waals surface area (Å²) >= 11 is 2.21. The quantitative estimate of drug-likeness (QED) is 0.233. The summed E-state index contributed by atoms with van der Waals surface area (Å²) in [6.45, 7) is 0. The largest absolute Gasteiger partial charge is 0.495 e. The summed E-state index contributed by atoms with van der Waals surface area (Å²) in [7, 11) is 1.51. The first-order valence-electron chi connectivity index (χ1n) is 8.42. The van der Waals surface area contributed by atoms with Gasteiger partial charge in [-0.3, -0.25) is 25.0 Å². The Morgan fingerprint density at radius 2 is 1.87 bits per heavy atom. The van der Waals surface area contributed by atoms with Crippen molar-refractivity contribution in [2.24, 2.45) is 0 Å². The second-order valence-electron chi connectivity index (χ2n) is 5.64. The minimum Gasteiger partial charge on any atom is -0.495 e. The van der Waals surface area contributed by atoms with Crippen LogP contribution in [0.3, 0.4) is 0 Å². The Hall–Kier alpha value is -3.51. The van der Waals surface area contributed by atoms with E-state index >= 15 is 0 Å². The summed E-state index contributed by atoms with van der Waals surface area (Å²) in [6.07, 6.45) is 0. The molecular formula is C18H15N5O5S2. The minimum absolute atomic E-state index is 0.0742. The van der Waals surface area contributed by atoms with Crippen LogP contribution in [0.4, 0.5) is 16.5 Å². The number of benzene rings is 2. The van der Waals surface area contributed by atoms with E-state index in [0.29, 0.717) is 15.8 Å². The van der Waals surface area contributed by atoms with E-state index < -0.39 is 10.8 Å². The molecule has 30 heavy (non-hydrogen) atoms. The summed E-state index contributed by atoms with van der Waals surface area (Å²) in [4.78, 5) is 34.9. The number of carbonyl (C=O) groups excluding carboxylic acids is 2. The van der Waals surface area contributed by atoms with E-state index in [2.05, 4.69) is 20.8 Å². The van der Waals surface area contributed by atoms with E-state index in [1.54, 1.807) is 24.3 Å². The number of aromatic nitrogens is 2. The van der Waals surface area contributed by atoms with Crippen molar-refractivity contribution in [1.82, 2.24) is 10.2 Å². The van der Waals surface area contributed by atoms with E-state index in [-0.39, 0.29) is 28.0 Å². The molecule has 10 nitrogen and oxygen atoms in total. The summed E-state index contributed by atoms with van der Waals surface area (Å²) in [5.41, 5.74) is 0.172. The number of nitrogens with zero attached hydrogens (tertiary/aromatic N) is 3. The molecular weight excluding hydrogens is 430 g/mol. The molecule has 0 saturated carbocycles. The molecule has 0 radical (unpaired) electrons. The molecule has 2 aromatic carbocycles. The molecule has 3 aromatic rings. The second kappa shape index (κ2) is 9.80. The number of hydrogen-bond donors (Lipinski definition) is 2. The molecule has 0 aliphatic heterocycles. The topological polar surface area (TPSA) is 136 Å². The van der Waals surface area contributed by atoms with Crippen LogP contribution in [0.1, 0.15) is 10.4 Å². The van der Waals surface area contributed by atoms with Crippen molar-refractivity contribution in [3.05, 3.63) is 64.2 Å². The van der Waals surface area contributed by atoms with Crippen LogP contribution < -0.4 is 15.4 Å². The average molecular weight is 445 g/mol. The van der Waals surface area contributed by atoms with Gasteiger partial charge in [-0.1, -0.05) is 47.4 Å². The summed E-state index contributed by atoms with van der Waals surface area (Å²) in [5, 5.41) is 24.2. The predicted molar refractivity (Wildman–Crippen MR) is 113 cm³/mol. The van der Waals surface area contributed by atoms with Crippen molar-refractivity contribution in [3.63, 3.8) is 0 Å². The third-order valence-electron chi connectivity index (χ3n) is 3.68. The van der Waals surface area contributed by atoms with Gasteiger partial charge in [0.25, 0.3) is 11.6 Å². The SMILES string of the molecule is COc1ccccc1NC(=O)CSc1nnc(NC(=O)c2ccccc2[N+](=O)[O-])s1. The number of anilines is 2. The molecule has 0 aliphatic carbocycles. The molecule has 3 rings (SSSR count). The fraction of sp³-hybridized carbons (Fsp3) is 0.111. The van der Waals surface area contributed by atoms with Gasteiger partial charge in [0.1, 0.15) is 11.3 Å². The van der Waals surface area contributed by atoms with Crippen LogP contribution >= 0.6 is 23.1 Å². The molecule has 0 saturated heterocycles. The third-order valence-corrected chi connectivity index (χ3v) is 5.65. The van der Waals surface area contributed by atoms with Crippen molar-refractivity contribution >= 4 is 51.4 Å². The van der Waals surface area contributed by atoms with Crippen LogP contribution in [0, 0.1) is 10.1 Å². The zero-order chi connectivity index (χ0) is 21.5. The number of amides is 2. The van der Waals surface area contributed by atoms with Gasteiger partial charge in [-0.15, -0.1) is 10.2 Å². The number of carbonyl (C=O) groups is 2. The fourth-order valence-corrected chi connectivity index (χ4v) is 3.92. The first-order chi connectivity index (χ1) is 14.5. The highest BCUT2D eigenvalue weighted by Crippen LogP contribution is 2.28. The maximum atomic E-state index is 12.3. The lowest BCUT2D eigenvalue weighted by molar-refractivity contribution is -0.385. The van der Waals surface area contributed by atoms with Gasteiger partial charge >= 0.3 is 0 Å². The number of methoxy groups -OCH3 is 1. The number of para-hydroxylation sites is 3. The van der Waals surface area contributed by atoms with E-state index in [0.717, 1.165) is 23.1 Å². The average Bonchev–Trinajstić information content (AvgIpc) is 3.20. The van der Waals surface area contributed by atoms with Crippen LogP contribution in [0.2, 0.25) is 0 Å². The molecule has 0 spiro atoms. The Kier molecular flexibility index (Phi) is 6.93. The normalized spacial score (nSPS) is 10.3. The maximum Gasteiger partial charge on any atom is 0.282 e. The zero-order valence-electron chi connectivity index (χ0n) is 15.5. The van der Waals surface area contributed by atoms with Crippen molar-refractivity contribution in [3.8, 4) is 5.75 Å². The van der Waals surface area contributed by atoms with Crippen molar-refractivity contribution in [2.45, 2.75) is 4.34 Å². The number of ether oxygens (including phenoxy) is 1. The Morgan fingerprint density at radius 3 is 2.63 bits per heavy atom. The number of rotatable bonds is 8. The molecule has 2 N–H and O–H groups in total. The Balaban J connectivity index is 1.57. The zero-order valence-corrected chi connectivity index (χ0v) is 17.2. The van der Waals surface area contributed by atoms with Crippen LogP contribution in [-0.2, 0) is 4.79 Å². The van der Waals surface area contributed by atoms with Gasteiger partial charge in [-0.25, -0.2) is 0 Å². The third kappa shape index (κ3) is 5.30. The van der Waals surface area contributed by atoms with Crippen LogP contribution in [-0.4, -0.2) is 39.8 Å². The van der Waals surface area contributed by atoms with Crippen LogP contribution in [0.5, 0.6) is 5.75 Å². The lowest BCUT2D eigenvalue weighted by Crippen LogP contribution is -2.14. The van der Waals surface area contributed by atoms with Crippen molar-refractivity contribution in [1.29, 1.82) is 0 Å². The molecule has 1 aromatic heterocycles. The van der Waals surface area contributed by atoms with Gasteiger partial charge in [0.15, 0.2) is 4.34 Å². The predicted octanol–water partition coefficient (Wildman–Crippen LogP) is 3.44. The van der Waals surface area contributed by atoms with Gasteiger partial charge in [-0.2, -0.15) is 0 Å². The monoisotopic (exact) mass is 445 g/mol. The lowest BCUT2D eigenvalue weighted by atomic mass is 10.1. The Morgan fingerprint density at radius 1 is 1.13 bits per heavy atom. The standard InChI is InChI=1S/C18H15N5O5S2/c1-28-14-9-5-3-7-12(14)19-15(24)10-29-18-22-21-17(30-18)20-16(25)11-6-2-4-8-13(11)23(26)27/h2-9H,10H2,1H3,(H,19,24)(H,20,21,25). The van der Waals surface area contributed by atoms with E-state index in [1.807, 2.05) is 0 Å². The first-order valence-corrected chi connectivity index (χ1v) is 10.2. The molecule has 0 aliphatic rings. The molecule has 12 heteroatoms. The molecule has 2 amide bonds. The first kappa shape index (κ1) is 21.2. The number of thioether (sulfide) groups is 1. The highest BCUT2D eigenvalue weighted by atomic mass is 32.2. The number of nitrogens with one attached hydrogen (secondary N) is 2. The smallest absolute Gasteiger partial charge is 0.282 e. The Labute approximate surface area is 178 Å². The van der Waals surface area contributed by atoms with Crippen LogP contribution in [0.25, 0.3) is 0 Å². The van der Waals surface area contributed by atoms with Gasteiger partial charge in [0.05, 0.1) is 23.5 Å². The fourth-order valence-electron chi connectivity index (χ4n) is 2.37. The lowest BCUT2D eigenvalue weighted by Gasteiger charge is -2.08. The number of nitro groups is 1. The van der Waals surface area contributed by atoms with Crippen molar-refractivity contribution < 1.29 is 19.2 Å². The van der Waals surface area contributed by atoms with Gasteiger partial charge in [-0.05, 0) is 18.2 Å². The summed E-state index contributed by atoms with van der Waals surface area (Å²) in [5.74, 6) is -0.300. The van der Waals surface area contributed by atoms with E-state index in [1.165, 1.54) is 31.4 Å².